The molecule has 9 heteroatoms. The predicted octanol–water partition coefficient (Wildman–Crippen LogP) is 4.29. The van der Waals surface area contributed by atoms with E-state index in [2.05, 4.69) is 65.3 Å². The zero-order valence-corrected chi connectivity index (χ0v) is 26.3. The van der Waals surface area contributed by atoms with Crippen LogP contribution in [0.25, 0.3) is 11.1 Å². The minimum absolute atomic E-state index is 0.393. The van der Waals surface area contributed by atoms with Gasteiger partial charge in [-0.3, -0.25) is 0 Å². The van der Waals surface area contributed by atoms with Gasteiger partial charge in [-0.1, -0.05) is 23.8 Å². The van der Waals surface area contributed by atoms with Gasteiger partial charge in [0.1, 0.15) is 19.8 Å². The quantitative estimate of drug-likeness (QED) is 0.143. The molecule has 0 aliphatic rings. The number of methoxy groups -OCH3 is 2. The summed E-state index contributed by atoms with van der Waals surface area (Å²) in [5.74, 6) is 1.45. The third-order valence-electron chi connectivity index (χ3n) is 6.05. The summed E-state index contributed by atoms with van der Waals surface area (Å²) in [4.78, 5) is 0. The molecule has 0 aromatic heterocycles. The number of aryl methyl sites for hydroxylation is 2. The number of rotatable bonds is 23. The first-order valence-corrected chi connectivity index (χ1v) is 14.3. The van der Waals surface area contributed by atoms with E-state index in [9.17, 15) is 0 Å². The number of nitrogens with zero attached hydrogens (tertiary/aromatic N) is 1. The molecule has 0 saturated carbocycles. The van der Waals surface area contributed by atoms with Crippen LogP contribution in [0.15, 0.2) is 30.3 Å². The largest absolute Gasteiger partial charge is 0.487 e. The van der Waals surface area contributed by atoms with Crippen molar-refractivity contribution in [2.24, 2.45) is 0 Å². The molecule has 0 aliphatic heterocycles. The monoisotopic (exact) mass is 578 g/mol. The van der Waals surface area contributed by atoms with Crippen molar-refractivity contribution < 1.29 is 42.4 Å². The van der Waals surface area contributed by atoms with Gasteiger partial charge in [-0.2, -0.15) is 0 Å². The summed E-state index contributed by atoms with van der Waals surface area (Å²) in [5, 5.41) is 0. The molecule has 2 rings (SSSR count). The standard InChI is InChI=1S/C32H52NO8/c1-26-8-9-27(2)30(22-26)28-23-29(25-33(3,4)5)32(41-21-19-39-17-15-37-13-11-35-7)31(24-28)40-20-18-38-16-14-36-12-10-34-6/h8-9,22-24H,10-21,25H2,1-7H3/q+1. The summed E-state index contributed by atoms with van der Waals surface area (Å²) < 4.78 is 45.8. The molecule has 41 heavy (non-hydrogen) atoms. The predicted molar refractivity (Wildman–Crippen MR) is 161 cm³/mol. The molecular weight excluding hydrogens is 526 g/mol. The molecule has 9 nitrogen and oxygen atoms in total. The molecule has 0 spiro atoms. The highest BCUT2D eigenvalue weighted by molar-refractivity contribution is 5.72. The molecule has 0 unspecified atom stereocenters. The van der Waals surface area contributed by atoms with Crippen LogP contribution in [0.3, 0.4) is 0 Å². The van der Waals surface area contributed by atoms with Crippen LogP contribution < -0.4 is 9.47 Å². The van der Waals surface area contributed by atoms with Gasteiger partial charge in [0.2, 0.25) is 0 Å². The molecule has 0 atom stereocenters. The fraction of sp³-hybridized carbons (Fsp3) is 0.625. The lowest BCUT2D eigenvalue weighted by Crippen LogP contribution is -2.33. The van der Waals surface area contributed by atoms with Crippen LogP contribution in [0.2, 0.25) is 0 Å². The lowest BCUT2D eigenvalue weighted by Gasteiger charge is -2.27. The number of benzene rings is 2. The number of ether oxygens (including phenoxy) is 8. The number of hydrogen-bond acceptors (Lipinski definition) is 8. The maximum absolute atomic E-state index is 6.34. The molecule has 0 saturated heterocycles. The zero-order valence-electron chi connectivity index (χ0n) is 26.3. The van der Waals surface area contributed by atoms with Crippen molar-refractivity contribution in [2.75, 3.05) is 115 Å². The van der Waals surface area contributed by atoms with E-state index in [0.29, 0.717) is 85.0 Å². The molecule has 2 aromatic rings. The first kappa shape index (κ1) is 35.0. The first-order valence-electron chi connectivity index (χ1n) is 14.3. The molecule has 2 aromatic carbocycles. The molecular formula is C32H52NO8+. The van der Waals surface area contributed by atoms with Crippen LogP contribution in [0.5, 0.6) is 11.5 Å². The van der Waals surface area contributed by atoms with Crippen molar-refractivity contribution in [3.8, 4) is 22.6 Å². The molecule has 0 amide bonds. The van der Waals surface area contributed by atoms with Crippen molar-refractivity contribution in [3.05, 3.63) is 47.0 Å². The van der Waals surface area contributed by atoms with Gasteiger partial charge >= 0.3 is 0 Å². The average Bonchev–Trinajstić information content (AvgIpc) is 2.92. The molecule has 0 N–H and O–H groups in total. The maximum atomic E-state index is 6.34. The molecule has 232 valence electrons. The zero-order chi connectivity index (χ0) is 29.9. The molecule has 0 heterocycles. The van der Waals surface area contributed by atoms with E-state index in [4.69, 9.17) is 37.9 Å². The van der Waals surface area contributed by atoms with Gasteiger partial charge in [-0.25, -0.2) is 0 Å². The number of hydrogen-bond donors (Lipinski definition) is 0. The summed E-state index contributed by atoms with van der Waals surface area (Å²) in [6.07, 6.45) is 0. The lowest BCUT2D eigenvalue weighted by atomic mass is 9.96. The second kappa shape index (κ2) is 19.8. The van der Waals surface area contributed by atoms with Gasteiger partial charge in [0.25, 0.3) is 0 Å². The Morgan fingerprint density at radius 2 is 1.10 bits per heavy atom. The fourth-order valence-corrected chi connectivity index (χ4v) is 4.10. The normalized spacial score (nSPS) is 11.7. The summed E-state index contributed by atoms with van der Waals surface area (Å²) in [5.41, 5.74) is 5.80. The van der Waals surface area contributed by atoms with Gasteiger partial charge in [-0.05, 0) is 42.7 Å². The summed E-state index contributed by atoms with van der Waals surface area (Å²) in [6.45, 7) is 11.0. The number of quaternary nitrogens is 1. The Balaban J connectivity index is 2.16. The Hall–Kier alpha value is -2.24. The van der Waals surface area contributed by atoms with Gasteiger partial charge in [0, 0.05) is 14.2 Å². The molecule has 0 fully saturated rings. The third kappa shape index (κ3) is 14.5. The highest BCUT2D eigenvalue weighted by atomic mass is 16.6. The SMILES string of the molecule is COCCOCCOCCOc1cc(-c2cc(C)ccc2C)cc(C[N+](C)(C)C)c1OCCOCCOCCOC. The van der Waals surface area contributed by atoms with E-state index in [1.807, 2.05) is 0 Å². The summed E-state index contributed by atoms with van der Waals surface area (Å²) in [7, 11) is 9.83. The van der Waals surface area contributed by atoms with E-state index in [1.165, 1.54) is 16.7 Å². The van der Waals surface area contributed by atoms with Gasteiger partial charge < -0.3 is 42.4 Å². The van der Waals surface area contributed by atoms with E-state index in [0.717, 1.165) is 27.9 Å². The smallest absolute Gasteiger partial charge is 0.170 e. The van der Waals surface area contributed by atoms with E-state index in [-0.39, 0.29) is 0 Å². The first-order chi connectivity index (χ1) is 19.7. The molecule has 0 aliphatic carbocycles. The second-order valence-corrected chi connectivity index (χ2v) is 10.9. The van der Waals surface area contributed by atoms with Gasteiger partial charge in [0.05, 0.1) is 92.8 Å². The molecule has 0 bridgehead atoms. The summed E-state index contributed by atoms with van der Waals surface area (Å²) in [6, 6.07) is 10.8. The van der Waals surface area contributed by atoms with Gasteiger partial charge in [0.15, 0.2) is 11.5 Å². The van der Waals surface area contributed by atoms with Crippen molar-refractivity contribution >= 4 is 0 Å². The highest BCUT2D eigenvalue weighted by Crippen LogP contribution is 2.39. The van der Waals surface area contributed by atoms with E-state index >= 15 is 0 Å². The van der Waals surface area contributed by atoms with Crippen molar-refractivity contribution in [1.29, 1.82) is 0 Å². The Kier molecular flexibility index (Phi) is 16.9. The summed E-state index contributed by atoms with van der Waals surface area (Å²) >= 11 is 0. The van der Waals surface area contributed by atoms with Crippen molar-refractivity contribution in [2.45, 2.75) is 20.4 Å². The lowest BCUT2D eigenvalue weighted by molar-refractivity contribution is -0.884. The minimum atomic E-state index is 0.393. The van der Waals surface area contributed by atoms with Crippen LogP contribution in [-0.4, -0.2) is 119 Å². The van der Waals surface area contributed by atoms with Crippen LogP contribution in [-0.2, 0) is 35.0 Å². The van der Waals surface area contributed by atoms with Crippen molar-refractivity contribution in [3.63, 3.8) is 0 Å². The van der Waals surface area contributed by atoms with E-state index in [1.54, 1.807) is 14.2 Å². The van der Waals surface area contributed by atoms with Gasteiger partial charge in [-0.15, -0.1) is 0 Å². The van der Waals surface area contributed by atoms with Crippen LogP contribution in [0, 0.1) is 13.8 Å². The Morgan fingerprint density at radius 1 is 0.585 bits per heavy atom. The fourth-order valence-electron chi connectivity index (χ4n) is 4.10. The van der Waals surface area contributed by atoms with Crippen LogP contribution in [0.1, 0.15) is 16.7 Å². The van der Waals surface area contributed by atoms with Crippen LogP contribution >= 0.6 is 0 Å². The Labute approximate surface area is 247 Å². The third-order valence-corrected chi connectivity index (χ3v) is 6.05. The van der Waals surface area contributed by atoms with Crippen LogP contribution in [0.4, 0.5) is 0 Å². The average molecular weight is 579 g/mol. The Bertz CT molecular complexity index is 992. The van der Waals surface area contributed by atoms with Crippen molar-refractivity contribution in [1.82, 2.24) is 0 Å². The highest BCUT2D eigenvalue weighted by Gasteiger charge is 2.21. The molecule has 0 radical (unpaired) electrons. The second-order valence-electron chi connectivity index (χ2n) is 10.9. The topological polar surface area (TPSA) is 73.8 Å². The maximum Gasteiger partial charge on any atom is 0.170 e. The minimum Gasteiger partial charge on any atom is -0.487 e. The Morgan fingerprint density at radius 3 is 1.63 bits per heavy atom. The van der Waals surface area contributed by atoms with E-state index < -0.39 is 0 Å².